The molecule has 0 saturated heterocycles. The van der Waals surface area contributed by atoms with E-state index in [1.165, 1.54) is 31.3 Å². The van der Waals surface area contributed by atoms with Gasteiger partial charge in [-0.25, -0.2) is 4.98 Å². The molecule has 0 bridgehead atoms. The Balaban J connectivity index is 0.00000300. The average molecular weight is 457 g/mol. The van der Waals surface area contributed by atoms with Crippen LogP contribution in [0.5, 0.6) is 0 Å². The quantitative estimate of drug-likeness (QED) is 0.510. The molecule has 1 aromatic carbocycles. The van der Waals surface area contributed by atoms with E-state index in [4.69, 9.17) is 23.2 Å². The SMILES string of the molecule is C.COC(=O)Cc1csc(NC(=O)C(CC2CCCC2)c2ccc(Cl)c(Cl)c2)n1. The van der Waals surface area contributed by atoms with E-state index < -0.39 is 0 Å². The first kappa shape index (κ1) is 23.6. The molecule has 1 aliphatic rings. The van der Waals surface area contributed by atoms with Crippen molar-refractivity contribution in [3.8, 4) is 0 Å². The van der Waals surface area contributed by atoms with Crippen LogP contribution in [0.3, 0.4) is 0 Å². The number of thiazole rings is 1. The molecule has 0 radical (unpaired) electrons. The number of anilines is 1. The van der Waals surface area contributed by atoms with Crippen LogP contribution in [0.2, 0.25) is 10.0 Å². The molecule has 1 saturated carbocycles. The van der Waals surface area contributed by atoms with Gasteiger partial charge in [-0.05, 0) is 30.0 Å². The summed E-state index contributed by atoms with van der Waals surface area (Å²) in [6, 6.07) is 5.36. The van der Waals surface area contributed by atoms with Crippen LogP contribution in [0.1, 0.15) is 56.7 Å². The first-order valence-corrected chi connectivity index (χ1v) is 10.9. The van der Waals surface area contributed by atoms with Gasteiger partial charge in [0.2, 0.25) is 5.91 Å². The molecule has 29 heavy (non-hydrogen) atoms. The van der Waals surface area contributed by atoms with Crippen molar-refractivity contribution < 1.29 is 14.3 Å². The third-order valence-electron chi connectivity index (χ3n) is 5.04. The fourth-order valence-corrected chi connectivity index (χ4v) is 4.58. The lowest BCUT2D eigenvalue weighted by molar-refractivity contribution is -0.139. The summed E-state index contributed by atoms with van der Waals surface area (Å²) in [6.45, 7) is 0. The van der Waals surface area contributed by atoms with Gasteiger partial charge in [-0.1, -0.05) is 62.4 Å². The third-order valence-corrected chi connectivity index (χ3v) is 6.59. The molecule has 0 spiro atoms. The van der Waals surface area contributed by atoms with Crippen LogP contribution in [-0.2, 0) is 20.7 Å². The molecule has 1 amide bonds. The molecule has 1 N–H and O–H groups in total. The maximum atomic E-state index is 13.1. The average Bonchev–Trinajstić information content (AvgIpc) is 3.34. The molecule has 5 nitrogen and oxygen atoms in total. The molecule has 3 rings (SSSR count). The third kappa shape index (κ3) is 6.43. The number of carbonyl (C=O) groups is 2. The van der Waals surface area contributed by atoms with E-state index in [0.717, 1.165) is 24.8 Å². The van der Waals surface area contributed by atoms with Gasteiger partial charge in [0.25, 0.3) is 0 Å². The molecule has 0 aliphatic heterocycles. The first-order valence-electron chi connectivity index (χ1n) is 9.23. The highest BCUT2D eigenvalue weighted by molar-refractivity contribution is 7.13. The second-order valence-electron chi connectivity index (χ2n) is 7.00. The number of benzene rings is 1. The predicted octanol–water partition coefficient (Wildman–Crippen LogP) is 6.10. The number of ether oxygens (including phenoxy) is 1. The highest BCUT2D eigenvalue weighted by Gasteiger charge is 2.27. The van der Waals surface area contributed by atoms with Gasteiger partial charge in [0.05, 0.1) is 35.2 Å². The smallest absolute Gasteiger partial charge is 0.311 e. The number of hydrogen-bond acceptors (Lipinski definition) is 5. The summed E-state index contributed by atoms with van der Waals surface area (Å²) >= 11 is 13.5. The molecule has 158 valence electrons. The minimum atomic E-state index is -0.363. The van der Waals surface area contributed by atoms with Gasteiger partial charge in [-0.15, -0.1) is 11.3 Å². The Morgan fingerprint density at radius 2 is 2.00 bits per heavy atom. The summed E-state index contributed by atoms with van der Waals surface area (Å²) in [5.74, 6) is -0.287. The molecule has 1 fully saturated rings. The van der Waals surface area contributed by atoms with Crippen LogP contribution in [0.15, 0.2) is 23.6 Å². The van der Waals surface area contributed by atoms with Gasteiger partial charge < -0.3 is 10.1 Å². The maximum Gasteiger partial charge on any atom is 0.311 e. The lowest BCUT2D eigenvalue weighted by atomic mass is 9.87. The zero-order chi connectivity index (χ0) is 20.1. The van der Waals surface area contributed by atoms with E-state index >= 15 is 0 Å². The second kappa shape index (κ2) is 11.0. The first-order chi connectivity index (χ1) is 13.5. The molecular formula is C21H26Cl2N2O3S. The number of carbonyl (C=O) groups excluding carboxylic acids is 2. The molecular weight excluding hydrogens is 431 g/mol. The summed E-state index contributed by atoms with van der Waals surface area (Å²) in [4.78, 5) is 28.8. The number of aromatic nitrogens is 1. The van der Waals surface area contributed by atoms with Gasteiger partial charge in [0.15, 0.2) is 5.13 Å². The van der Waals surface area contributed by atoms with Gasteiger partial charge in [-0.2, -0.15) is 0 Å². The van der Waals surface area contributed by atoms with Crippen molar-refractivity contribution in [2.24, 2.45) is 5.92 Å². The van der Waals surface area contributed by atoms with Crippen LogP contribution >= 0.6 is 34.5 Å². The zero-order valence-electron chi connectivity index (χ0n) is 15.5. The van der Waals surface area contributed by atoms with Gasteiger partial charge in [0.1, 0.15) is 0 Å². The lowest BCUT2D eigenvalue weighted by Crippen LogP contribution is -2.23. The molecule has 8 heteroatoms. The Morgan fingerprint density at radius 3 is 2.66 bits per heavy atom. The van der Waals surface area contributed by atoms with Crippen molar-refractivity contribution >= 4 is 51.5 Å². The maximum absolute atomic E-state index is 13.1. The molecule has 1 aliphatic carbocycles. The number of nitrogens with one attached hydrogen (secondary N) is 1. The minimum Gasteiger partial charge on any atom is -0.469 e. The fourth-order valence-electron chi connectivity index (χ4n) is 3.56. The van der Waals surface area contributed by atoms with Crippen LogP contribution in [0, 0.1) is 5.92 Å². The number of amides is 1. The number of methoxy groups -OCH3 is 1. The number of rotatable bonds is 7. The summed E-state index contributed by atoms with van der Waals surface area (Å²) < 4.78 is 4.65. The Bertz CT molecular complexity index is 850. The van der Waals surface area contributed by atoms with Crippen LogP contribution < -0.4 is 5.32 Å². The predicted molar refractivity (Wildman–Crippen MR) is 119 cm³/mol. The van der Waals surface area contributed by atoms with Crippen molar-refractivity contribution in [1.82, 2.24) is 4.98 Å². The van der Waals surface area contributed by atoms with Crippen molar-refractivity contribution in [3.63, 3.8) is 0 Å². The largest absolute Gasteiger partial charge is 0.469 e. The van der Waals surface area contributed by atoms with E-state index in [2.05, 4.69) is 15.0 Å². The van der Waals surface area contributed by atoms with E-state index in [9.17, 15) is 9.59 Å². The van der Waals surface area contributed by atoms with Gasteiger partial charge >= 0.3 is 5.97 Å². The summed E-state index contributed by atoms with van der Waals surface area (Å²) in [7, 11) is 1.34. The molecule has 1 atom stereocenters. The fraction of sp³-hybridized carbons (Fsp3) is 0.476. The van der Waals surface area contributed by atoms with E-state index in [-0.39, 0.29) is 31.6 Å². The Morgan fingerprint density at radius 1 is 1.28 bits per heavy atom. The normalized spacial score (nSPS) is 14.9. The van der Waals surface area contributed by atoms with Gasteiger partial charge in [-0.3, -0.25) is 9.59 Å². The highest BCUT2D eigenvalue weighted by Crippen LogP contribution is 2.36. The van der Waals surface area contributed by atoms with Crippen molar-refractivity contribution in [2.75, 3.05) is 12.4 Å². The molecule has 1 heterocycles. The summed E-state index contributed by atoms with van der Waals surface area (Å²) in [6.07, 6.45) is 5.57. The number of halogens is 2. The van der Waals surface area contributed by atoms with E-state index in [1.807, 2.05) is 6.07 Å². The number of esters is 1. The summed E-state index contributed by atoms with van der Waals surface area (Å²) in [5, 5.41) is 6.03. The van der Waals surface area contributed by atoms with Crippen molar-refractivity contribution in [2.45, 2.75) is 51.9 Å². The van der Waals surface area contributed by atoms with Crippen LogP contribution in [0.25, 0.3) is 0 Å². The number of hydrogen-bond donors (Lipinski definition) is 1. The second-order valence-corrected chi connectivity index (χ2v) is 8.67. The molecule has 1 unspecified atom stereocenters. The topological polar surface area (TPSA) is 68.3 Å². The van der Waals surface area contributed by atoms with Crippen molar-refractivity contribution in [3.05, 3.63) is 44.9 Å². The zero-order valence-corrected chi connectivity index (χ0v) is 17.9. The Labute approximate surface area is 185 Å². The number of nitrogens with zero attached hydrogens (tertiary/aromatic N) is 1. The van der Waals surface area contributed by atoms with Crippen LogP contribution in [0.4, 0.5) is 5.13 Å². The van der Waals surface area contributed by atoms with Crippen molar-refractivity contribution in [1.29, 1.82) is 0 Å². The van der Waals surface area contributed by atoms with Gasteiger partial charge in [0, 0.05) is 5.38 Å². The Hall–Kier alpha value is -1.63. The van der Waals surface area contributed by atoms with E-state index in [1.54, 1.807) is 17.5 Å². The Kier molecular flexibility index (Phi) is 8.93. The minimum absolute atomic E-state index is 0. The molecule has 1 aromatic heterocycles. The van der Waals surface area contributed by atoms with E-state index in [0.29, 0.717) is 26.8 Å². The summed E-state index contributed by atoms with van der Waals surface area (Å²) in [5.41, 5.74) is 1.43. The lowest BCUT2D eigenvalue weighted by Gasteiger charge is -2.20. The standard InChI is InChI=1S/C20H22Cl2N2O3S.CH4/c1-27-18(25)10-14-11-28-20(23-14)24-19(26)15(8-12-4-2-3-5-12)13-6-7-16(21)17(22)9-13;/h6-7,9,11-12,15H,2-5,8,10H2,1H3,(H,23,24,26);1H4. The molecule has 2 aromatic rings. The monoisotopic (exact) mass is 456 g/mol. The highest BCUT2D eigenvalue weighted by atomic mass is 35.5. The van der Waals surface area contributed by atoms with Crippen LogP contribution in [-0.4, -0.2) is 24.0 Å².